The van der Waals surface area contributed by atoms with Crippen molar-refractivity contribution in [3.63, 3.8) is 0 Å². The lowest BCUT2D eigenvalue weighted by molar-refractivity contribution is -0.167. The fourth-order valence-electron chi connectivity index (χ4n) is 9.80. The summed E-state index contributed by atoms with van der Waals surface area (Å²) in [5.41, 5.74) is 0. The van der Waals surface area contributed by atoms with Gasteiger partial charge in [0.15, 0.2) is 6.10 Å². The molecule has 0 N–H and O–H groups in total. The summed E-state index contributed by atoms with van der Waals surface area (Å²) in [4.78, 5) is 38.4. The monoisotopic (exact) mass is 1100 g/mol. The fraction of sp³-hybridized carbons (Fsp3) is 0.767. The molecule has 1 unspecified atom stereocenters. The van der Waals surface area contributed by atoms with E-state index >= 15 is 0 Å². The maximum atomic E-state index is 12.9. The number of unbranched alkanes of at least 4 members (excludes halogenated alkanes) is 37. The molecule has 6 nitrogen and oxygen atoms in total. The molecule has 0 aromatic rings. The summed E-state index contributed by atoms with van der Waals surface area (Å²) in [6.45, 7) is 6.55. The molecule has 0 amide bonds. The van der Waals surface area contributed by atoms with Gasteiger partial charge in [-0.2, -0.15) is 0 Å². The van der Waals surface area contributed by atoms with E-state index in [-0.39, 0.29) is 31.1 Å². The van der Waals surface area contributed by atoms with Crippen LogP contribution in [0.5, 0.6) is 0 Å². The SMILES string of the molecule is CC/C=C\C/C=C\C/C=C\C/C=C\CCCCCCCCC(=O)OC(COC(=O)CCCCCCCCCC/C=C\C/C=C\C/C=C\CCCCCCC)COC(=O)CCCCCCCCCCCCCCCCCCCCC. The normalized spacial score (nSPS) is 12.6. The Labute approximate surface area is 490 Å². The van der Waals surface area contributed by atoms with Gasteiger partial charge < -0.3 is 14.2 Å². The molecule has 79 heavy (non-hydrogen) atoms. The second-order valence-electron chi connectivity index (χ2n) is 22.7. The van der Waals surface area contributed by atoms with Crippen LogP contribution < -0.4 is 0 Å². The third kappa shape index (κ3) is 65.3. The van der Waals surface area contributed by atoms with Crippen LogP contribution in [0.2, 0.25) is 0 Å². The molecule has 0 saturated heterocycles. The average Bonchev–Trinajstić information content (AvgIpc) is 3.45. The van der Waals surface area contributed by atoms with Crippen molar-refractivity contribution in [1.82, 2.24) is 0 Å². The number of carbonyl (C=O) groups excluding carboxylic acids is 3. The standard InChI is InChI=1S/C73H128O6/c1-4-7-10-13-16-19-22-25-28-31-34-35-36-37-40-42-45-48-51-54-57-60-63-66-72(75)78-69-70(79-73(76)67-64-61-58-55-52-49-46-43-39-33-30-27-24-21-18-15-12-9-6-3)68-77-71(74)65-62-59-56-53-50-47-44-41-38-32-29-26-23-20-17-14-11-8-5-2/h9,12,18,21-22,25,27,30-31,34,36-37,39,43,70H,4-8,10-11,13-17,19-20,23-24,26,28-29,32-33,35,38,40-42,44-69H2,1-3H3/b12-9-,21-18-,25-22-,30-27-,34-31-,37-36-,43-39-. The van der Waals surface area contributed by atoms with Gasteiger partial charge in [-0.3, -0.25) is 14.4 Å². The highest BCUT2D eigenvalue weighted by Gasteiger charge is 2.19. The zero-order chi connectivity index (χ0) is 57.1. The largest absolute Gasteiger partial charge is 0.462 e. The van der Waals surface area contributed by atoms with Gasteiger partial charge in [0.05, 0.1) is 0 Å². The molecule has 0 fully saturated rings. The van der Waals surface area contributed by atoms with Crippen LogP contribution in [0.4, 0.5) is 0 Å². The van der Waals surface area contributed by atoms with Crippen molar-refractivity contribution in [3.05, 3.63) is 85.1 Å². The number of hydrogen-bond donors (Lipinski definition) is 0. The quantitative estimate of drug-likeness (QED) is 0.0261. The molecule has 0 heterocycles. The molecule has 0 spiro atoms. The van der Waals surface area contributed by atoms with E-state index in [1.165, 1.54) is 186 Å². The number of allylic oxidation sites excluding steroid dienone is 14. The van der Waals surface area contributed by atoms with Crippen LogP contribution in [0, 0.1) is 0 Å². The number of carbonyl (C=O) groups is 3. The van der Waals surface area contributed by atoms with Gasteiger partial charge in [-0.15, -0.1) is 0 Å². The summed E-state index contributed by atoms with van der Waals surface area (Å²) in [6.07, 6.45) is 88.8. The Morgan fingerprint density at radius 2 is 0.494 bits per heavy atom. The van der Waals surface area contributed by atoms with E-state index in [0.29, 0.717) is 19.3 Å². The molecule has 0 radical (unpaired) electrons. The Kier molecular flexibility index (Phi) is 64.2. The van der Waals surface area contributed by atoms with E-state index < -0.39 is 6.10 Å². The van der Waals surface area contributed by atoms with Crippen molar-refractivity contribution in [2.75, 3.05) is 13.2 Å². The van der Waals surface area contributed by atoms with E-state index in [2.05, 4.69) is 106 Å². The topological polar surface area (TPSA) is 78.9 Å². The second-order valence-corrected chi connectivity index (χ2v) is 22.7. The maximum Gasteiger partial charge on any atom is 0.306 e. The van der Waals surface area contributed by atoms with Gasteiger partial charge in [0.2, 0.25) is 0 Å². The third-order valence-electron chi connectivity index (χ3n) is 14.9. The van der Waals surface area contributed by atoms with Crippen molar-refractivity contribution in [2.45, 2.75) is 348 Å². The van der Waals surface area contributed by atoms with Crippen LogP contribution in [-0.4, -0.2) is 37.2 Å². The van der Waals surface area contributed by atoms with Gasteiger partial charge in [0.25, 0.3) is 0 Å². The first-order valence-electron chi connectivity index (χ1n) is 34.1. The van der Waals surface area contributed by atoms with Crippen LogP contribution in [0.15, 0.2) is 85.1 Å². The minimum absolute atomic E-state index is 0.0820. The van der Waals surface area contributed by atoms with Crippen LogP contribution in [0.3, 0.4) is 0 Å². The lowest BCUT2D eigenvalue weighted by Gasteiger charge is -2.18. The summed E-state index contributed by atoms with van der Waals surface area (Å²) in [5.74, 6) is -0.886. The molecule has 0 aromatic carbocycles. The zero-order valence-electron chi connectivity index (χ0n) is 52.4. The first-order chi connectivity index (χ1) is 39.0. The Morgan fingerprint density at radius 3 is 0.772 bits per heavy atom. The molecule has 0 saturated carbocycles. The smallest absolute Gasteiger partial charge is 0.306 e. The average molecular weight is 1100 g/mol. The third-order valence-corrected chi connectivity index (χ3v) is 14.9. The Morgan fingerprint density at radius 1 is 0.266 bits per heavy atom. The summed E-state index contributed by atoms with van der Waals surface area (Å²) < 4.78 is 17.0. The fourth-order valence-corrected chi connectivity index (χ4v) is 9.80. The van der Waals surface area contributed by atoms with Gasteiger partial charge >= 0.3 is 17.9 Å². The van der Waals surface area contributed by atoms with Crippen molar-refractivity contribution in [3.8, 4) is 0 Å². The molecule has 0 bridgehead atoms. The van der Waals surface area contributed by atoms with Gasteiger partial charge in [-0.25, -0.2) is 0 Å². The Balaban J connectivity index is 4.39. The molecule has 1 atom stereocenters. The summed E-state index contributed by atoms with van der Waals surface area (Å²) in [5, 5.41) is 0. The molecule has 456 valence electrons. The van der Waals surface area contributed by atoms with Crippen molar-refractivity contribution in [1.29, 1.82) is 0 Å². The lowest BCUT2D eigenvalue weighted by atomic mass is 10.0. The molecular weight excluding hydrogens is 973 g/mol. The highest BCUT2D eigenvalue weighted by Crippen LogP contribution is 2.17. The molecule has 0 aliphatic heterocycles. The van der Waals surface area contributed by atoms with E-state index in [1.807, 2.05) is 0 Å². The Bertz CT molecular complexity index is 1500. The number of rotatable bonds is 62. The van der Waals surface area contributed by atoms with Gasteiger partial charge in [0.1, 0.15) is 13.2 Å². The zero-order valence-corrected chi connectivity index (χ0v) is 52.4. The van der Waals surface area contributed by atoms with E-state index in [9.17, 15) is 14.4 Å². The molecular formula is C73H128O6. The van der Waals surface area contributed by atoms with E-state index in [4.69, 9.17) is 14.2 Å². The summed E-state index contributed by atoms with van der Waals surface area (Å²) in [7, 11) is 0. The van der Waals surface area contributed by atoms with Crippen molar-refractivity contribution < 1.29 is 28.6 Å². The van der Waals surface area contributed by atoms with Gasteiger partial charge in [-0.1, -0.05) is 311 Å². The number of esters is 3. The maximum absolute atomic E-state index is 12.9. The van der Waals surface area contributed by atoms with E-state index in [1.54, 1.807) is 0 Å². The molecule has 6 heteroatoms. The van der Waals surface area contributed by atoms with Gasteiger partial charge in [0, 0.05) is 19.3 Å². The summed E-state index contributed by atoms with van der Waals surface area (Å²) >= 11 is 0. The number of hydrogen-bond acceptors (Lipinski definition) is 6. The van der Waals surface area contributed by atoms with Gasteiger partial charge in [-0.05, 0) is 96.3 Å². The van der Waals surface area contributed by atoms with Crippen LogP contribution in [-0.2, 0) is 28.6 Å². The van der Waals surface area contributed by atoms with Crippen LogP contribution >= 0.6 is 0 Å². The van der Waals surface area contributed by atoms with Crippen molar-refractivity contribution in [2.24, 2.45) is 0 Å². The van der Waals surface area contributed by atoms with Crippen LogP contribution in [0.1, 0.15) is 342 Å². The predicted octanol–water partition coefficient (Wildman–Crippen LogP) is 23.4. The highest BCUT2D eigenvalue weighted by atomic mass is 16.6. The first-order valence-corrected chi connectivity index (χ1v) is 34.1. The minimum atomic E-state index is -0.789. The minimum Gasteiger partial charge on any atom is -0.462 e. The number of ether oxygens (including phenoxy) is 3. The second kappa shape index (κ2) is 67.1. The molecule has 0 aliphatic carbocycles. The molecule has 0 aliphatic rings. The predicted molar refractivity (Wildman–Crippen MR) is 344 cm³/mol. The lowest BCUT2D eigenvalue weighted by Crippen LogP contribution is -2.30. The Hall–Kier alpha value is -3.41. The van der Waals surface area contributed by atoms with Crippen LogP contribution in [0.25, 0.3) is 0 Å². The van der Waals surface area contributed by atoms with Crippen molar-refractivity contribution >= 4 is 17.9 Å². The first kappa shape index (κ1) is 75.6. The van der Waals surface area contributed by atoms with E-state index in [0.717, 1.165) is 116 Å². The summed E-state index contributed by atoms with van der Waals surface area (Å²) in [6, 6.07) is 0. The highest BCUT2D eigenvalue weighted by molar-refractivity contribution is 5.71. The molecule has 0 rings (SSSR count). The molecule has 0 aromatic heterocycles.